The molecule has 8 heteroatoms. The zero-order valence-electron chi connectivity index (χ0n) is 15.8. The molecule has 0 fully saturated rings. The number of amides is 1. The van der Waals surface area contributed by atoms with Gasteiger partial charge in [-0.05, 0) is 29.7 Å². The Balaban J connectivity index is 1.65. The molecule has 2 N–H and O–H groups in total. The van der Waals surface area contributed by atoms with Crippen molar-refractivity contribution in [1.29, 1.82) is 0 Å². The Morgan fingerprint density at radius 2 is 1.89 bits per heavy atom. The number of fused-ring (bicyclic) bond motifs is 1. The van der Waals surface area contributed by atoms with Crippen LogP contribution < -0.4 is 20.1 Å². The minimum Gasteiger partial charge on any atom is -0.486 e. The van der Waals surface area contributed by atoms with Crippen molar-refractivity contribution in [2.75, 3.05) is 25.1 Å². The molecular weight excluding hydrogens is 362 g/mol. The number of hydrogen-bond acceptors (Lipinski definition) is 6. The van der Waals surface area contributed by atoms with Crippen molar-refractivity contribution in [3.05, 3.63) is 58.1 Å². The smallest absolute Gasteiger partial charge is 0.271 e. The van der Waals surface area contributed by atoms with E-state index >= 15 is 0 Å². The molecular formula is C20H23N3O5. The monoisotopic (exact) mass is 385 g/mol. The average Bonchev–Trinajstić information content (AvgIpc) is 2.70. The van der Waals surface area contributed by atoms with E-state index in [0.717, 1.165) is 5.56 Å². The maximum Gasteiger partial charge on any atom is 0.271 e. The van der Waals surface area contributed by atoms with E-state index in [-0.39, 0.29) is 30.1 Å². The third kappa shape index (κ3) is 4.70. The highest BCUT2D eigenvalue weighted by molar-refractivity contribution is 5.81. The van der Waals surface area contributed by atoms with Crippen molar-refractivity contribution in [2.45, 2.75) is 19.9 Å². The zero-order valence-corrected chi connectivity index (χ0v) is 15.8. The standard InChI is InChI=1S/C20H23N3O5/c1-13(2)20(14-6-7-17-18(10-14)28-9-8-27-17)22-19(24)12-21-15-4-3-5-16(11-15)23(25)26/h3-7,10-11,13,20-21H,8-9,12H2,1-2H3,(H,22,24)/t20-/m0/s1. The number of carbonyl (C=O) groups excluding carboxylic acids is 1. The van der Waals surface area contributed by atoms with Crippen molar-refractivity contribution in [2.24, 2.45) is 5.92 Å². The molecule has 1 amide bonds. The van der Waals surface area contributed by atoms with E-state index < -0.39 is 4.92 Å². The van der Waals surface area contributed by atoms with Crippen LogP contribution in [0.15, 0.2) is 42.5 Å². The number of hydrogen-bond donors (Lipinski definition) is 2. The molecule has 0 unspecified atom stereocenters. The van der Waals surface area contributed by atoms with E-state index in [9.17, 15) is 14.9 Å². The minimum atomic E-state index is -0.470. The Morgan fingerprint density at radius 3 is 2.61 bits per heavy atom. The zero-order chi connectivity index (χ0) is 20.1. The number of nitrogens with zero attached hydrogens (tertiary/aromatic N) is 1. The molecule has 8 nitrogen and oxygen atoms in total. The van der Waals surface area contributed by atoms with Crippen molar-refractivity contribution >= 4 is 17.3 Å². The van der Waals surface area contributed by atoms with Gasteiger partial charge in [-0.2, -0.15) is 0 Å². The molecule has 1 atom stereocenters. The quantitative estimate of drug-likeness (QED) is 0.560. The second kappa shape index (κ2) is 8.60. The molecule has 2 aromatic carbocycles. The molecule has 2 aromatic rings. The van der Waals surface area contributed by atoms with E-state index in [4.69, 9.17) is 9.47 Å². The van der Waals surface area contributed by atoms with Crippen LogP contribution in [0.2, 0.25) is 0 Å². The summed E-state index contributed by atoms with van der Waals surface area (Å²) in [6.45, 7) is 5.09. The van der Waals surface area contributed by atoms with Crippen LogP contribution in [0.25, 0.3) is 0 Å². The Kier molecular flexibility index (Phi) is 5.98. The lowest BCUT2D eigenvalue weighted by Crippen LogP contribution is -2.35. The molecule has 0 saturated carbocycles. The second-order valence-electron chi connectivity index (χ2n) is 6.85. The summed E-state index contributed by atoms with van der Waals surface area (Å²) in [4.78, 5) is 22.8. The molecule has 1 aliphatic rings. The molecule has 3 rings (SSSR count). The Morgan fingerprint density at radius 1 is 1.14 bits per heavy atom. The summed E-state index contributed by atoms with van der Waals surface area (Å²) in [7, 11) is 0. The van der Waals surface area contributed by atoms with Crippen molar-refractivity contribution in [3.63, 3.8) is 0 Å². The van der Waals surface area contributed by atoms with Crippen LogP contribution in [0.1, 0.15) is 25.5 Å². The van der Waals surface area contributed by atoms with E-state index in [0.29, 0.717) is 30.4 Å². The van der Waals surface area contributed by atoms with E-state index in [2.05, 4.69) is 10.6 Å². The largest absolute Gasteiger partial charge is 0.486 e. The third-order valence-corrected chi connectivity index (χ3v) is 4.42. The van der Waals surface area contributed by atoms with Crippen molar-refractivity contribution in [3.8, 4) is 11.5 Å². The maximum absolute atomic E-state index is 12.4. The molecule has 0 aliphatic carbocycles. The van der Waals surface area contributed by atoms with Crippen LogP contribution in [0.5, 0.6) is 11.5 Å². The van der Waals surface area contributed by atoms with Gasteiger partial charge < -0.3 is 20.1 Å². The Bertz CT molecular complexity index is 869. The molecule has 0 saturated heterocycles. The Labute approximate surface area is 163 Å². The number of non-ortho nitro benzene ring substituents is 1. The molecule has 1 aliphatic heterocycles. The highest BCUT2D eigenvalue weighted by atomic mass is 16.6. The average molecular weight is 385 g/mol. The van der Waals surface area contributed by atoms with Crippen LogP contribution in [-0.2, 0) is 4.79 Å². The van der Waals surface area contributed by atoms with Gasteiger partial charge in [-0.1, -0.05) is 26.0 Å². The number of rotatable bonds is 7. The summed E-state index contributed by atoms with van der Waals surface area (Å²) < 4.78 is 11.2. The first-order valence-electron chi connectivity index (χ1n) is 9.11. The summed E-state index contributed by atoms with van der Waals surface area (Å²) in [6.07, 6.45) is 0. The topological polar surface area (TPSA) is 103 Å². The summed E-state index contributed by atoms with van der Waals surface area (Å²) in [5.41, 5.74) is 1.43. The number of anilines is 1. The van der Waals surface area contributed by atoms with E-state index in [1.54, 1.807) is 12.1 Å². The predicted octanol–water partition coefficient (Wildman–Crippen LogP) is 3.29. The van der Waals surface area contributed by atoms with Gasteiger partial charge in [0.1, 0.15) is 13.2 Å². The molecule has 148 valence electrons. The first kappa shape index (κ1) is 19.5. The molecule has 0 spiro atoms. The highest BCUT2D eigenvalue weighted by Crippen LogP contribution is 2.34. The first-order chi connectivity index (χ1) is 13.4. The second-order valence-corrected chi connectivity index (χ2v) is 6.85. The number of nitro benzene ring substituents is 1. The molecule has 0 bridgehead atoms. The minimum absolute atomic E-state index is 0.00887. The van der Waals surface area contributed by atoms with Crippen molar-refractivity contribution in [1.82, 2.24) is 5.32 Å². The lowest BCUT2D eigenvalue weighted by Gasteiger charge is -2.25. The van der Waals surface area contributed by atoms with Gasteiger partial charge in [0, 0.05) is 17.8 Å². The van der Waals surface area contributed by atoms with Gasteiger partial charge in [0.15, 0.2) is 11.5 Å². The molecule has 28 heavy (non-hydrogen) atoms. The SMILES string of the molecule is CC(C)[C@H](NC(=O)CNc1cccc([N+](=O)[O-])c1)c1ccc2c(c1)OCCO2. The summed E-state index contributed by atoms with van der Waals surface area (Å²) in [6, 6.07) is 11.5. The summed E-state index contributed by atoms with van der Waals surface area (Å²) >= 11 is 0. The molecule has 0 radical (unpaired) electrons. The van der Waals surface area contributed by atoms with E-state index in [1.165, 1.54) is 12.1 Å². The van der Waals surface area contributed by atoms with E-state index in [1.807, 2.05) is 32.0 Å². The number of carbonyl (C=O) groups is 1. The van der Waals surface area contributed by atoms with Crippen molar-refractivity contribution < 1.29 is 19.2 Å². The maximum atomic E-state index is 12.4. The van der Waals surface area contributed by atoms with Gasteiger partial charge in [-0.3, -0.25) is 14.9 Å². The summed E-state index contributed by atoms with van der Waals surface area (Å²) in [5, 5.41) is 16.8. The van der Waals surface area contributed by atoms with Crippen LogP contribution in [-0.4, -0.2) is 30.6 Å². The normalized spacial score (nSPS) is 13.7. The van der Waals surface area contributed by atoms with Crippen LogP contribution in [0.4, 0.5) is 11.4 Å². The number of benzene rings is 2. The number of nitrogens with one attached hydrogen (secondary N) is 2. The Hall–Kier alpha value is -3.29. The fourth-order valence-corrected chi connectivity index (χ4v) is 3.02. The highest BCUT2D eigenvalue weighted by Gasteiger charge is 2.21. The lowest BCUT2D eigenvalue weighted by atomic mass is 9.95. The number of ether oxygens (including phenoxy) is 2. The van der Waals surface area contributed by atoms with Gasteiger partial charge in [0.05, 0.1) is 17.5 Å². The van der Waals surface area contributed by atoms with Gasteiger partial charge in [-0.25, -0.2) is 0 Å². The third-order valence-electron chi connectivity index (χ3n) is 4.42. The predicted molar refractivity (Wildman–Crippen MR) is 105 cm³/mol. The fourth-order valence-electron chi connectivity index (χ4n) is 3.02. The summed E-state index contributed by atoms with van der Waals surface area (Å²) in [5.74, 6) is 1.33. The first-order valence-corrected chi connectivity index (χ1v) is 9.11. The van der Waals surface area contributed by atoms with Gasteiger partial charge in [-0.15, -0.1) is 0 Å². The number of nitro groups is 1. The molecule has 0 aromatic heterocycles. The van der Waals surface area contributed by atoms with Crippen LogP contribution in [0, 0.1) is 16.0 Å². The van der Waals surface area contributed by atoms with Gasteiger partial charge >= 0.3 is 0 Å². The van der Waals surface area contributed by atoms with Gasteiger partial charge in [0.25, 0.3) is 5.69 Å². The lowest BCUT2D eigenvalue weighted by molar-refractivity contribution is -0.384. The fraction of sp³-hybridized carbons (Fsp3) is 0.350. The molecule has 1 heterocycles. The van der Waals surface area contributed by atoms with Gasteiger partial charge in [0.2, 0.25) is 5.91 Å². The van der Waals surface area contributed by atoms with Crippen LogP contribution in [0.3, 0.4) is 0 Å². The van der Waals surface area contributed by atoms with Crippen LogP contribution >= 0.6 is 0 Å².